The first-order chi connectivity index (χ1) is 16.7. The predicted molar refractivity (Wildman–Crippen MR) is 132 cm³/mol. The molecule has 0 radical (unpaired) electrons. The maximum Gasteiger partial charge on any atom is 0.323 e. The Morgan fingerprint density at radius 1 is 0.735 bits per heavy atom. The van der Waals surface area contributed by atoms with Crippen LogP contribution in [0.2, 0.25) is 0 Å². The molecule has 3 N–H and O–H groups in total. The van der Waals surface area contributed by atoms with Crippen molar-refractivity contribution in [2.75, 3.05) is 47.2 Å². The van der Waals surface area contributed by atoms with Crippen molar-refractivity contribution in [2.24, 2.45) is 0 Å². The molecule has 0 aliphatic carbocycles. The molecule has 2 aliphatic heterocycles. The summed E-state index contributed by atoms with van der Waals surface area (Å²) >= 11 is 0. The van der Waals surface area contributed by atoms with Crippen LogP contribution in [0.25, 0.3) is 0 Å². The van der Waals surface area contributed by atoms with E-state index in [1.165, 1.54) is 0 Å². The zero-order chi connectivity index (χ0) is 23.3. The van der Waals surface area contributed by atoms with Crippen molar-refractivity contribution in [1.29, 1.82) is 0 Å². The lowest BCUT2D eigenvalue weighted by Crippen LogP contribution is -2.24. The highest BCUT2D eigenvalue weighted by molar-refractivity contribution is 6.06. The second-order valence-electron chi connectivity index (χ2n) is 8.18. The van der Waals surface area contributed by atoms with Gasteiger partial charge in [0.15, 0.2) is 11.5 Å². The number of rotatable bonds is 5. The predicted octanol–water partition coefficient (Wildman–Crippen LogP) is 4.95. The van der Waals surface area contributed by atoms with E-state index in [4.69, 9.17) is 9.47 Å². The summed E-state index contributed by atoms with van der Waals surface area (Å²) in [5.41, 5.74) is 3.32. The lowest BCUT2D eigenvalue weighted by Gasteiger charge is -2.23. The van der Waals surface area contributed by atoms with Crippen molar-refractivity contribution in [3.8, 4) is 11.5 Å². The third-order valence-corrected chi connectivity index (χ3v) is 5.79. The molecule has 2 aliphatic rings. The fourth-order valence-electron chi connectivity index (χ4n) is 4.15. The summed E-state index contributed by atoms with van der Waals surface area (Å²) < 4.78 is 11.1. The number of fused-ring (bicyclic) bond motifs is 1. The van der Waals surface area contributed by atoms with Gasteiger partial charge in [0.25, 0.3) is 5.91 Å². The molecular weight excluding hydrogens is 432 g/mol. The van der Waals surface area contributed by atoms with E-state index in [1.54, 1.807) is 36.4 Å². The Balaban J connectivity index is 1.34. The van der Waals surface area contributed by atoms with Gasteiger partial charge in [-0.2, -0.15) is 0 Å². The van der Waals surface area contributed by atoms with E-state index in [1.807, 2.05) is 30.3 Å². The molecule has 0 bridgehead atoms. The highest BCUT2D eigenvalue weighted by Gasteiger charge is 2.19. The lowest BCUT2D eigenvalue weighted by molar-refractivity contribution is 0.102. The Kier molecular flexibility index (Phi) is 6.20. The molecule has 8 nitrogen and oxygen atoms in total. The van der Waals surface area contributed by atoms with Crippen molar-refractivity contribution in [3.05, 3.63) is 72.3 Å². The minimum Gasteiger partial charge on any atom is -0.486 e. The van der Waals surface area contributed by atoms with Gasteiger partial charge in [-0.1, -0.05) is 18.2 Å². The molecule has 0 aromatic heterocycles. The van der Waals surface area contributed by atoms with Gasteiger partial charge in [0.2, 0.25) is 0 Å². The molecule has 3 aromatic rings. The van der Waals surface area contributed by atoms with E-state index in [-0.39, 0.29) is 11.9 Å². The van der Waals surface area contributed by atoms with Gasteiger partial charge >= 0.3 is 6.03 Å². The highest BCUT2D eigenvalue weighted by atomic mass is 16.6. The number of nitrogens with zero attached hydrogens (tertiary/aromatic N) is 1. The number of hydrogen-bond donors (Lipinski definition) is 3. The first kappa shape index (κ1) is 21.6. The van der Waals surface area contributed by atoms with Crippen molar-refractivity contribution in [3.63, 3.8) is 0 Å². The van der Waals surface area contributed by atoms with E-state index in [9.17, 15) is 9.59 Å². The largest absolute Gasteiger partial charge is 0.486 e. The number of anilines is 4. The number of nitrogens with one attached hydrogen (secondary N) is 3. The second kappa shape index (κ2) is 9.74. The van der Waals surface area contributed by atoms with E-state index in [2.05, 4.69) is 20.9 Å². The van der Waals surface area contributed by atoms with Crippen LogP contribution >= 0.6 is 0 Å². The monoisotopic (exact) mass is 458 g/mol. The summed E-state index contributed by atoms with van der Waals surface area (Å²) in [6.45, 7) is 2.84. The van der Waals surface area contributed by atoms with Gasteiger partial charge in [-0.25, -0.2) is 4.79 Å². The van der Waals surface area contributed by atoms with Crippen molar-refractivity contribution in [1.82, 2.24) is 0 Å². The van der Waals surface area contributed by atoms with Crippen LogP contribution in [0, 0.1) is 0 Å². The number of amides is 3. The normalized spacial score (nSPS) is 14.4. The summed E-state index contributed by atoms with van der Waals surface area (Å²) in [4.78, 5) is 27.7. The van der Waals surface area contributed by atoms with Crippen molar-refractivity contribution >= 4 is 34.7 Å². The average molecular weight is 459 g/mol. The quantitative estimate of drug-likeness (QED) is 0.503. The minimum absolute atomic E-state index is 0.207. The van der Waals surface area contributed by atoms with Gasteiger partial charge in [-0.3, -0.25) is 4.79 Å². The molecule has 0 spiro atoms. The molecule has 34 heavy (non-hydrogen) atoms. The minimum atomic E-state index is -0.385. The molecule has 0 unspecified atom stereocenters. The number of urea groups is 1. The Morgan fingerprint density at radius 2 is 1.44 bits per heavy atom. The Hall–Kier alpha value is -4.20. The van der Waals surface area contributed by atoms with Crippen molar-refractivity contribution < 1.29 is 19.1 Å². The number of carbonyl (C=O) groups excluding carboxylic acids is 2. The molecule has 1 saturated heterocycles. The second-order valence-corrected chi connectivity index (χ2v) is 8.18. The molecule has 1 fully saturated rings. The van der Waals surface area contributed by atoms with Gasteiger partial charge in [0.1, 0.15) is 13.2 Å². The molecule has 0 atom stereocenters. The smallest absolute Gasteiger partial charge is 0.323 e. The van der Waals surface area contributed by atoms with E-state index in [0.29, 0.717) is 47.3 Å². The molecule has 0 saturated carbocycles. The molecule has 3 amide bonds. The Labute approximate surface area is 197 Å². The van der Waals surface area contributed by atoms with Crippen LogP contribution in [0.4, 0.5) is 27.5 Å². The van der Waals surface area contributed by atoms with Crippen LogP contribution in [-0.4, -0.2) is 38.2 Å². The number of hydrogen-bond acceptors (Lipinski definition) is 5. The van der Waals surface area contributed by atoms with Gasteiger partial charge in [0, 0.05) is 36.1 Å². The van der Waals surface area contributed by atoms with Gasteiger partial charge in [-0.15, -0.1) is 0 Å². The summed E-state index contributed by atoms with van der Waals surface area (Å²) in [6.07, 6.45) is 2.21. The Bertz CT molecular complexity index is 1190. The van der Waals surface area contributed by atoms with Crippen LogP contribution in [0.15, 0.2) is 66.7 Å². The summed E-state index contributed by atoms with van der Waals surface area (Å²) in [7, 11) is 0. The number of carbonyl (C=O) groups is 2. The van der Waals surface area contributed by atoms with E-state index in [0.717, 1.165) is 31.6 Å². The SMILES string of the molecule is O=C(Nc1ccc2c(c1)OCCO2)Nc1cc(NC(=O)c2ccccc2)ccc1N1CCCC1. The third kappa shape index (κ3) is 4.91. The van der Waals surface area contributed by atoms with Crippen LogP contribution < -0.4 is 30.3 Å². The first-order valence-corrected chi connectivity index (χ1v) is 11.4. The maximum absolute atomic E-state index is 12.9. The molecule has 174 valence electrons. The zero-order valence-electron chi connectivity index (χ0n) is 18.7. The topological polar surface area (TPSA) is 91.9 Å². The average Bonchev–Trinajstić information content (AvgIpc) is 3.39. The van der Waals surface area contributed by atoms with Gasteiger partial charge in [0.05, 0.1) is 11.4 Å². The summed E-state index contributed by atoms with van der Waals surface area (Å²) in [6, 6.07) is 19.5. The number of ether oxygens (including phenoxy) is 2. The fourth-order valence-corrected chi connectivity index (χ4v) is 4.15. The summed E-state index contributed by atoms with van der Waals surface area (Å²) in [5, 5.41) is 8.72. The van der Waals surface area contributed by atoms with Crippen LogP contribution in [0.1, 0.15) is 23.2 Å². The zero-order valence-corrected chi connectivity index (χ0v) is 18.7. The molecule has 5 rings (SSSR count). The third-order valence-electron chi connectivity index (χ3n) is 5.79. The fraction of sp³-hybridized carbons (Fsp3) is 0.231. The molecule has 8 heteroatoms. The summed E-state index contributed by atoms with van der Waals surface area (Å²) in [5.74, 6) is 1.06. The lowest BCUT2D eigenvalue weighted by atomic mass is 10.2. The van der Waals surface area contributed by atoms with Gasteiger partial charge in [-0.05, 0) is 55.3 Å². The first-order valence-electron chi connectivity index (χ1n) is 11.4. The molecule has 2 heterocycles. The molecule has 3 aromatic carbocycles. The van der Waals surface area contributed by atoms with E-state index < -0.39 is 0 Å². The Morgan fingerprint density at radius 3 is 2.24 bits per heavy atom. The van der Waals surface area contributed by atoms with Crippen LogP contribution in [-0.2, 0) is 0 Å². The highest BCUT2D eigenvalue weighted by Crippen LogP contribution is 2.34. The van der Waals surface area contributed by atoms with Gasteiger partial charge < -0.3 is 30.3 Å². The maximum atomic E-state index is 12.9. The van der Waals surface area contributed by atoms with Crippen LogP contribution in [0.3, 0.4) is 0 Å². The van der Waals surface area contributed by atoms with Crippen LogP contribution in [0.5, 0.6) is 11.5 Å². The standard InChI is InChI=1S/C26H26N4O4/c31-25(18-6-2-1-3-7-18)27-19-8-10-22(30-12-4-5-13-30)21(16-19)29-26(32)28-20-9-11-23-24(17-20)34-15-14-33-23/h1-3,6-11,16-17H,4-5,12-15H2,(H,27,31)(H2,28,29,32). The number of benzene rings is 3. The van der Waals surface area contributed by atoms with E-state index >= 15 is 0 Å². The molecular formula is C26H26N4O4. The van der Waals surface area contributed by atoms with Crippen molar-refractivity contribution in [2.45, 2.75) is 12.8 Å².